The van der Waals surface area contributed by atoms with Crippen molar-refractivity contribution >= 4 is 112 Å². The maximum atomic E-state index is 14.2. The first-order chi connectivity index (χ1) is 38.9. The summed E-state index contributed by atoms with van der Waals surface area (Å²) in [6, 6.07) is -26.5. The summed E-state index contributed by atoms with van der Waals surface area (Å²) >= 11 is 0. The quantitative estimate of drug-likeness (QED) is 0.0117. The van der Waals surface area contributed by atoms with E-state index < -0.39 is 223 Å². The van der Waals surface area contributed by atoms with Gasteiger partial charge in [-0.1, -0.05) is 0 Å². The summed E-state index contributed by atoms with van der Waals surface area (Å²) in [4.78, 5) is 248. The minimum Gasteiger partial charge on any atom is -0.481 e. The Morgan fingerprint density at radius 1 is 0.429 bits per heavy atom. The van der Waals surface area contributed by atoms with Crippen LogP contribution in [0.5, 0.6) is 0 Å². The predicted octanol–water partition coefficient (Wildman–Crippen LogP) is -12.9. The number of ketones is 6. The first kappa shape index (κ1) is 75.2. The Morgan fingerprint density at radius 2 is 0.714 bits per heavy atom. The average molecular weight is 1200 g/mol. The lowest BCUT2D eigenvalue weighted by Gasteiger charge is -2.29. The second-order valence-corrected chi connectivity index (χ2v) is 18.6. The topological polar surface area (TPSA) is 650 Å². The van der Waals surface area contributed by atoms with Crippen LogP contribution in [0.15, 0.2) is 0 Å². The summed E-state index contributed by atoms with van der Waals surface area (Å²) in [6.45, 7) is 5.22. The Morgan fingerprint density at radius 3 is 1.00 bits per heavy atom. The number of carboxylic acid groups (broad SMARTS) is 2. The van der Waals surface area contributed by atoms with E-state index in [2.05, 4.69) is 15.4 Å². The van der Waals surface area contributed by atoms with Crippen LogP contribution < -0.4 is 87.6 Å². The molecule has 0 bridgehead atoms. The molecule has 0 heterocycles. The van der Waals surface area contributed by atoms with Crippen LogP contribution in [0, 0.1) is 0 Å². The van der Waals surface area contributed by atoms with Crippen molar-refractivity contribution in [2.24, 2.45) is 34.4 Å². The molecule has 0 aromatic rings. The van der Waals surface area contributed by atoms with Gasteiger partial charge < -0.3 is 101 Å². The van der Waals surface area contributed by atoms with E-state index in [-0.39, 0.29) is 12.6 Å². The fourth-order valence-corrected chi connectivity index (χ4v) is 6.65. The lowest BCUT2D eigenvalue weighted by molar-refractivity contribution is -0.150. The molecule has 38 heteroatoms. The number of aldehydes is 2. The summed E-state index contributed by atoms with van der Waals surface area (Å²) < 4.78 is 4.52. The lowest BCUT2D eigenvalue weighted by Crippen LogP contribution is -2.68. The number of amides is 8. The number of carbonyl (C=O) groups excluding carboxylic acids is 17. The number of hydrogen-bond donors (Lipinski definition) is 18. The van der Waals surface area contributed by atoms with Gasteiger partial charge in [-0.15, -0.1) is 0 Å². The van der Waals surface area contributed by atoms with Gasteiger partial charge in [0.15, 0.2) is 83.3 Å². The molecule has 0 aliphatic heterocycles. The van der Waals surface area contributed by atoms with E-state index in [1.165, 1.54) is 0 Å². The monoisotopic (exact) mass is 1200 g/mol. The molecule has 15 atom stereocenters. The number of aliphatic carboxylic acids is 2. The number of esters is 1. The van der Waals surface area contributed by atoms with E-state index in [0.29, 0.717) is 0 Å². The van der Waals surface area contributed by atoms with E-state index in [9.17, 15) is 91.1 Å². The number of carbonyl (C=O) groups is 19. The van der Waals surface area contributed by atoms with Gasteiger partial charge in [0.25, 0.3) is 41.4 Å². The molecule has 8 amide bonds. The third-order valence-electron chi connectivity index (χ3n) is 11.3. The normalized spacial score (nSPS) is 16.3. The van der Waals surface area contributed by atoms with E-state index in [4.69, 9.17) is 44.6 Å². The highest BCUT2D eigenvalue weighted by Crippen LogP contribution is 2.07. The maximum Gasteiger partial charge on any atom is 0.336 e. The molecule has 84 heavy (non-hydrogen) atoms. The highest BCUT2D eigenvalue weighted by Gasteiger charge is 2.43. The van der Waals surface area contributed by atoms with Gasteiger partial charge in [0, 0.05) is 19.8 Å². The highest BCUT2D eigenvalue weighted by atomic mass is 16.5. The minimum absolute atomic E-state index is 0.138. The van der Waals surface area contributed by atoms with Crippen molar-refractivity contribution in [3.05, 3.63) is 0 Å². The second-order valence-electron chi connectivity index (χ2n) is 18.6. The second kappa shape index (κ2) is 35.9. The van der Waals surface area contributed by atoms with E-state index in [1.807, 2.05) is 42.5 Å². The van der Waals surface area contributed by atoms with E-state index in [1.54, 1.807) is 0 Å². The van der Waals surface area contributed by atoms with Crippen LogP contribution in [-0.2, 0) is 95.8 Å². The van der Waals surface area contributed by atoms with E-state index in [0.717, 1.165) is 48.7 Å². The summed E-state index contributed by atoms with van der Waals surface area (Å²) in [7, 11) is 0.795. The molecular formula is C46H72N16O22. The largest absolute Gasteiger partial charge is 0.481 e. The van der Waals surface area contributed by atoms with Crippen molar-refractivity contribution in [2.45, 2.75) is 158 Å². The molecule has 0 aromatic heterocycles. The molecule has 0 aliphatic rings. The van der Waals surface area contributed by atoms with Gasteiger partial charge in [-0.25, -0.2) is 4.79 Å². The summed E-state index contributed by atoms with van der Waals surface area (Å²) in [6.07, 6.45) is -7.42. The number of ether oxygens (including phenoxy) is 1. The molecule has 24 N–H and O–H groups in total. The zero-order chi connectivity index (χ0) is 65.2. The molecule has 0 unspecified atom stereocenters. The Bertz CT molecular complexity index is 2540. The zero-order valence-electron chi connectivity index (χ0n) is 46.4. The van der Waals surface area contributed by atoms with Gasteiger partial charge in [0.2, 0.25) is 5.91 Å². The van der Waals surface area contributed by atoms with Crippen LogP contribution in [0.4, 0.5) is 0 Å². The van der Waals surface area contributed by atoms with Crippen LogP contribution in [0.25, 0.3) is 0 Å². The van der Waals surface area contributed by atoms with Crippen molar-refractivity contribution in [3.63, 3.8) is 0 Å². The van der Waals surface area contributed by atoms with Crippen molar-refractivity contribution in [1.82, 2.24) is 53.2 Å². The Hall–Kier alpha value is -8.79. The Labute approximate surface area is 476 Å². The molecule has 468 valence electrons. The molecule has 0 spiro atoms. The van der Waals surface area contributed by atoms with Gasteiger partial charge in [-0.3, -0.25) is 87.3 Å². The summed E-state index contributed by atoms with van der Waals surface area (Å²) in [5.41, 5.74) is 34.2. The highest BCUT2D eigenvalue weighted by molar-refractivity contribution is 6.18. The smallest absolute Gasteiger partial charge is 0.336 e. The van der Waals surface area contributed by atoms with E-state index >= 15 is 0 Å². The van der Waals surface area contributed by atoms with Crippen molar-refractivity contribution in [1.29, 1.82) is 0 Å². The van der Waals surface area contributed by atoms with Crippen LogP contribution in [0.1, 0.15) is 67.2 Å². The first-order valence-electron chi connectivity index (χ1n) is 25.0. The molecule has 0 saturated carbocycles. The van der Waals surface area contributed by atoms with Crippen molar-refractivity contribution in [3.8, 4) is 0 Å². The summed E-state index contributed by atoms with van der Waals surface area (Å²) in [5.74, 6) is -25.4. The zero-order valence-corrected chi connectivity index (χ0v) is 46.4. The fourth-order valence-electron chi connectivity index (χ4n) is 6.65. The fraction of sp³-hybridized carbons (Fsp3) is 0.587. The van der Waals surface area contributed by atoms with Gasteiger partial charge >= 0.3 is 17.9 Å². The Balaban J connectivity index is 7.62. The standard InChI is InChI=1S/C46H72N16O22/c1-15(13-63)53-37(44(81)58-27(32(71)17(3)48)40(77)57-29(35(74)21(51)8-10-24(67)68)41(78)60-31(46(83)84-7)34(73)19(5)50)61-42(79)28(33(72)18(4)49)59-45(82)38(54-16(2)14-64)62-43(80)30(36(75)22(52)9-11-25(69)70)56-39(76)26(23(66)12-47)55-20(6)65/h13-19,21-22,26-31,37-38,53-54H,8-12,47-52H2,1-7H3,(H,55,65)(H,56,76)(H,57,77)(H,58,81)(H,59,82)(H,60,78)(H,61,79)(H,62,80)(H,67,68)(H,69,70)/t15-,16-,17-,18-,19-,21-,22-,26-,27-,28-,29-,30-,31-,37+,38+/m0/s1. The van der Waals surface area contributed by atoms with Crippen molar-refractivity contribution < 1.29 is 106 Å². The maximum absolute atomic E-state index is 14.2. The van der Waals surface area contributed by atoms with Crippen LogP contribution >= 0.6 is 0 Å². The third kappa shape index (κ3) is 24.3. The van der Waals surface area contributed by atoms with Crippen molar-refractivity contribution in [2.75, 3.05) is 13.7 Å². The van der Waals surface area contributed by atoms with Gasteiger partial charge in [0.1, 0.15) is 12.6 Å². The van der Waals surface area contributed by atoms with Gasteiger partial charge in [0.05, 0.1) is 55.9 Å². The lowest BCUT2D eigenvalue weighted by atomic mass is 9.98. The summed E-state index contributed by atoms with van der Waals surface area (Å²) in [5, 5.41) is 37.9. The van der Waals surface area contributed by atoms with Crippen LogP contribution in [0.2, 0.25) is 0 Å². The Kier molecular flexibility index (Phi) is 32.2. The number of rotatable bonds is 40. The number of nitrogens with one attached hydrogen (secondary N) is 10. The molecule has 0 rings (SSSR count). The average Bonchev–Trinajstić information content (AvgIpc) is 3.43. The number of Topliss-reactive ketones (excluding diaryl/α,β-unsaturated/α-hetero) is 6. The van der Waals surface area contributed by atoms with Gasteiger partial charge in [-0.2, -0.15) is 0 Å². The first-order valence-corrected chi connectivity index (χ1v) is 25.0. The predicted molar refractivity (Wildman–Crippen MR) is 280 cm³/mol. The molecule has 0 fully saturated rings. The molecular weight excluding hydrogens is 1130 g/mol. The number of hydrogen-bond acceptors (Lipinski definition) is 28. The molecule has 0 aliphatic carbocycles. The molecule has 0 aromatic carbocycles. The minimum atomic E-state index is -2.63. The van der Waals surface area contributed by atoms with Crippen LogP contribution in [0.3, 0.4) is 0 Å². The third-order valence-corrected chi connectivity index (χ3v) is 11.3. The molecule has 0 saturated heterocycles. The van der Waals surface area contributed by atoms with Gasteiger partial charge in [-0.05, 0) is 47.5 Å². The SMILES string of the molecule is COC(=O)[C@@H](NC(=O)[C@@H](NC(=O)[C@@H](NC(=O)[C@@H](NC(=O)[C@@H](NC(=O)[C@@H](NC(=O)[C@@H](NC(=O)[C@@H](NC(C)=O)C(=O)CN)C(=O)[C@@H](N)CCC(=O)O)N[C@@H](C)C=O)C(=O)[C@H](C)N)N[C@@H](C)C=O)C(=O)[C@H](C)N)C(=O)[C@@H](N)CCC(=O)O)C(=O)[C@H](C)N. The molecule has 0 radical (unpaired) electrons. The molecule has 38 nitrogen and oxygen atoms in total. The number of carboxylic acids is 2. The van der Waals surface area contributed by atoms with Crippen LogP contribution in [-0.4, -0.2) is 227 Å². The number of methoxy groups -OCH3 is 1. The number of nitrogens with two attached hydrogens (primary N) is 6.